The van der Waals surface area contributed by atoms with Gasteiger partial charge in [0.1, 0.15) is 5.82 Å². The highest BCUT2D eigenvalue weighted by atomic mass is 35.5. The van der Waals surface area contributed by atoms with Crippen LogP contribution in [0.15, 0.2) is 58.2 Å². The van der Waals surface area contributed by atoms with Crippen molar-refractivity contribution in [1.82, 2.24) is 10.2 Å². The fourth-order valence-corrected chi connectivity index (χ4v) is 2.88. The van der Waals surface area contributed by atoms with Crippen LogP contribution in [0.1, 0.15) is 6.92 Å². The van der Waals surface area contributed by atoms with Crippen LogP contribution in [0.5, 0.6) is 0 Å². The zero-order valence-electron chi connectivity index (χ0n) is 13.1. The van der Waals surface area contributed by atoms with Crippen LogP contribution >= 0.6 is 23.4 Å². The lowest BCUT2D eigenvalue weighted by atomic mass is 10.2. The van der Waals surface area contributed by atoms with E-state index in [-0.39, 0.29) is 11.1 Å². The first-order chi connectivity index (χ1) is 12.0. The summed E-state index contributed by atoms with van der Waals surface area (Å²) in [6, 6.07) is 12.7. The lowest BCUT2D eigenvalue weighted by Crippen LogP contribution is -2.22. The van der Waals surface area contributed by atoms with Gasteiger partial charge in [-0.1, -0.05) is 35.5 Å². The van der Waals surface area contributed by atoms with Gasteiger partial charge < -0.3 is 9.73 Å². The van der Waals surface area contributed by atoms with Gasteiger partial charge in [-0.2, -0.15) is 0 Å². The molecule has 0 radical (unpaired) electrons. The number of nitrogens with zero attached hydrogens (tertiary/aromatic N) is 2. The molecular weight excluding hydrogens is 365 g/mol. The van der Waals surface area contributed by atoms with Crippen molar-refractivity contribution < 1.29 is 13.6 Å². The predicted octanol–water partition coefficient (Wildman–Crippen LogP) is 4.65. The van der Waals surface area contributed by atoms with E-state index in [1.807, 2.05) is 0 Å². The molecule has 0 saturated carbocycles. The lowest BCUT2D eigenvalue weighted by Gasteiger charge is -2.09. The van der Waals surface area contributed by atoms with Gasteiger partial charge in [0, 0.05) is 16.3 Å². The number of halogens is 2. The molecule has 1 atom stereocenters. The van der Waals surface area contributed by atoms with Crippen LogP contribution in [-0.4, -0.2) is 21.4 Å². The average molecular weight is 378 g/mol. The second-order valence-corrected chi connectivity index (χ2v) is 6.87. The molecule has 0 aliphatic rings. The molecule has 1 heterocycles. The number of thioether (sulfide) groups is 1. The fourth-order valence-electron chi connectivity index (χ4n) is 2.01. The smallest absolute Gasteiger partial charge is 0.277 e. The largest absolute Gasteiger partial charge is 0.411 e. The monoisotopic (exact) mass is 377 g/mol. The number of benzene rings is 2. The fraction of sp³-hybridized carbons (Fsp3) is 0.118. The van der Waals surface area contributed by atoms with E-state index in [9.17, 15) is 9.18 Å². The highest BCUT2D eigenvalue weighted by Gasteiger charge is 2.19. The Morgan fingerprint density at radius 3 is 2.80 bits per heavy atom. The first kappa shape index (κ1) is 17.4. The summed E-state index contributed by atoms with van der Waals surface area (Å²) in [6.45, 7) is 1.70. The standard InChI is InChI=1S/C17H13ClFN3O2S/c1-10(15(23)20-14-7-3-6-13(19)9-14)25-17-22-21-16(24-17)11-4-2-5-12(18)8-11/h2-10H,1H3,(H,20,23)/t10-/m1/s1. The van der Waals surface area contributed by atoms with E-state index < -0.39 is 11.1 Å². The van der Waals surface area contributed by atoms with Crippen molar-refractivity contribution in [3.63, 3.8) is 0 Å². The van der Waals surface area contributed by atoms with E-state index in [2.05, 4.69) is 15.5 Å². The van der Waals surface area contributed by atoms with Crippen molar-refractivity contribution in [3.05, 3.63) is 59.4 Å². The molecule has 0 spiro atoms. The molecule has 0 saturated heterocycles. The molecule has 0 bridgehead atoms. The molecule has 3 aromatic rings. The quantitative estimate of drug-likeness (QED) is 0.655. The number of rotatable bonds is 5. The number of amides is 1. The summed E-state index contributed by atoms with van der Waals surface area (Å²) in [5.74, 6) is -0.387. The molecule has 8 heteroatoms. The summed E-state index contributed by atoms with van der Waals surface area (Å²) in [5, 5.41) is 10.8. The van der Waals surface area contributed by atoms with Crippen LogP contribution in [0.3, 0.4) is 0 Å². The zero-order chi connectivity index (χ0) is 17.8. The van der Waals surface area contributed by atoms with Crippen molar-refractivity contribution in [2.24, 2.45) is 0 Å². The second kappa shape index (κ2) is 7.67. The molecule has 128 valence electrons. The van der Waals surface area contributed by atoms with Gasteiger partial charge in [0.25, 0.3) is 5.22 Å². The Labute approximate surface area is 152 Å². The van der Waals surface area contributed by atoms with E-state index in [4.69, 9.17) is 16.0 Å². The summed E-state index contributed by atoms with van der Waals surface area (Å²) in [4.78, 5) is 12.2. The van der Waals surface area contributed by atoms with Gasteiger partial charge in [-0.15, -0.1) is 10.2 Å². The topological polar surface area (TPSA) is 68.0 Å². The summed E-state index contributed by atoms with van der Waals surface area (Å²) < 4.78 is 18.7. The maximum absolute atomic E-state index is 13.2. The SMILES string of the molecule is C[C@@H](Sc1nnc(-c2cccc(Cl)c2)o1)C(=O)Nc1cccc(F)c1. The van der Waals surface area contributed by atoms with Crippen molar-refractivity contribution >= 4 is 35.0 Å². The minimum Gasteiger partial charge on any atom is -0.411 e. The number of carbonyl (C=O) groups excluding carboxylic acids is 1. The van der Waals surface area contributed by atoms with Crippen LogP contribution in [0, 0.1) is 5.82 Å². The van der Waals surface area contributed by atoms with Crippen molar-refractivity contribution in [3.8, 4) is 11.5 Å². The maximum Gasteiger partial charge on any atom is 0.277 e. The Kier molecular flexibility index (Phi) is 5.35. The molecule has 1 N–H and O–H groups in total. The Balaban J connectivity index is 1.65. The van der Waals surface area contributed by atoms with Crippen LogP contribution in [-0.2, 0) is 4.79 Å². The van der Waals surface area contributed by atoms with Crippen LogP contribution in [0.25, 0.3) is 11.5 Å². The molecule has 2 aromatic carbocycles. The normalized spacial score (nSPS) is 12.0. The van der Waals surface area contributed by atoms with E-state index in [0.29, 0.717) is 22.2 Å². The minimum atomic E-state index is -0.504. The highest BCUT2D eigenvalue weighted by Crippen LogP contribution is 2.27. The van der Waals surface area contributed by atoms with Crippen molar-refractivity contribution in [1.29, 1.82) is 0 Å². The molecule has 0 aliphatic heterocycles. The Morgan fingerprint density at radius 2 is 2.04 bits per heavy atom. The number of nitrogens with one attached hydrogen (secondary N) is 1. The second-order valence-electron chi connectivity index (χ2n) is 5.14. The molecular formula is C17H13ClFN3O2S. The van der Waals surface area contributed by atoms with Gasteiger partial charge in [0.2, 0.25) is 11.8 Å². The summed E-state index contributed by atoms with van der Waals surface area (Å²) in [6.07, 6.45) is 0. The molecule has 1 amide bonds. The summed E-state index contributed by atoms with van der Waals surface area (Å²) in [5.41, 5.74) is 1.09. The van der Waals surface area contributed by atoms with Crippen LogP contribution in [0.4, 0.5) is 10.1 Å². The van der Waals surface area contributed by atoms with Crippen LogP contribution in [0.2, 0.25) is 5.02 Å². The molecule has 0 unspecified atom stereocenters. The van der Waals surface area contributed by atoms with Gasteiger partial charge in [0.05, 0.1) is 5.25 Å². The first-order valence-corrected chi connectivity index (χ1v) is 8.59. The predicted molar refractivity (Wildman–Crippen MR) is 95.1 cm³/mol. The minimum absolute atomic E-state index is 0.261. The van der Waals surface area contributed by atoms with E-state index in [1.54, 1.807) is 37.3 Å². The maximum atomic E-state index is 13.2. The first-order valence-electron chi connectivity index (χ1n) is 7.34. The number of carbonyl (C=O) groups is 1. The van der Waals surface area contributed by atoms with Gasteiger partial charge in [0.15, 0.2) is 0 Å². The Bertz CT molecular complexity index is 903. The van der Waals surface area contributed by atoms with Crippen molar-refractivity contribution in [2.45, 2.75) is 17.4 Å². The molecule has 25 heavy (non-hydrogen) atoms. The van der Waals surface area contributed by atoms with Gasteiger partial charge >= 0.3 is 0 Å². The summed E-state index contributed by atoms with van der Waals surface area (Å²) >= 11 is 7.06. The summed E-state index contributed by atoms with van der Waals surface area (Å²) in [7, 11) is 0. The van der Waals surface area contributed by atoms with Gasteiger partial charge in [-0.3, -0.25) is 4.79 Å². The number of anilines is 1. The third-order valence-corrected chi connectivity index (χ3v) is 4.39. The molecule has 0 fully saturated rings. The number of aromatic nitrogens is 2. The Hall–Kier alpha value is -2.38. The lowest BCUT2D eigenvalue weighted by molar-refractivity contribution is -0.115. The highest BCUT2D eigenvalue weighted by molar-refractivity contribution is 8.00. The van der Waals surface area contributed by atoms with Gasteiger partial charge in [-0.25, -0.2) is 4.39 Å². The average Bonchev–Trinajstić information content (AvgIpc) is 3.03. The van der Waals surface area contributed by atoms with Gasteiger partial charge in [-0.05, 0) is 43.3 Å². The van der Waals surface area contributed by atoms with E-state index >= 15 is 0 Å². The zero-order valence-corrected chi connectivity index (χ0v) is 14.6. The molecule has 5 nitrogen and oxygen atoms in total. The Morgan fingerprint density at radius 1 is 1.24 bits per heavy atom. The third-order valence-electron chi connectivity index (χ3n) is 3.22. The number of hydrogen-bond donors (Lipinski definition) is 1. The van der Waals surface area contributed by atoms with Crippen molar-refractivity contribution in [2.75, 3.05) is 5.32 Å². The molecule has 1 aromatic heterocycles. The molecule has 3 rings (SSSR count). The van der Waals surface area contributed by atoms with E-state index in [0.717, 1.165) is 11.8 Å². The number of hydrogen-bond acceptors (Lipinski definition) is 5. The third kappa shape index (κ3) is 4.58. The van der Waals surface area contributed by atoms with E-state index in [1.165, 1.54) is 18.2 Å². The molecule has 0 aliphatic carbocycles. The van der Waals surface area contributed by atoms with Crippen LogP contribution < -0.4 is 5.32 Å².